The normalized spacial score (nSPS) is 14.9. The number of hydrogen-bond acceptors (Lipinski definition) is 12. The lowest BCUT2D eigenvalue weighted by Gasteiger charge is -2.31. The first-order chi connectivity index (χ1) is 30.8. The van der Waals surface area contributed by atoms with E-state index in [4.69, 9.17) is 15.2 Å². The third-order valence-corrected chi connectivity index (χ3v) is 9.78. The number of unbranched alkanes of at least 4 members (excludes halogenated alkanes) is 5. The molecule has 4 bridgehead atoms. The van der Waals surface area contributed by atoms with Crippen LogP contribution in [0.4, 0.5) is 4.79 Å². The number of hydrogen-bond donors (Lipinski definition) is 8. The fourth-order valence-electron chi connectivity index (χ4n) is 6.25. The van der Waals surface area contributed by atoms with Crippen LogP contribution in [0.15, 0.2) is 41.4 Å². The molecule has 18 nitrogen and oxygen atoms in total. The number of ether oxygens (including phenoxy) is 2. The molecule has 1 unspecified atom stereocenters. The molecule has 0 aromatic heterocycles. The summed E-state index contributed by atoms with van der Waals surface area (Å²) in [6.07, 6.45) is 8.54. The summed E-state index contributed by atoms with van der Waals surface area (Å²) in [6, 6.07) is 6.89. The molecule has 2 aromatic rings. The van der Waals surface area contributed by atoms with Crippen molar-refractivity contribution in [2.24, 2.45) is 10.7 Å². The summed E-state index contributed by atoms with van der Waals surface area (Å²) in [5.74, 6) is -2.36. The second-order valence-corrected chi connectivity index (χ2v) is 16.5. The van der Waals surface area contributed by atoms with Crippen molar-refractivity contribution in [1.82, 2.24) is 31.5 Å². The monoisotopic (exact) mass is 913 g/mol. The van der Waals surface area contributed by atoms with Gasteiger partial charge in [-0.25, -0.2) is 9.59 Å². The largest absolute Gasteiger partial charge is 0.507 e. The maximum absolute atomic E-state index is 13.7. The standard InChI is InChI=1S/C35H48N6O8.C9H19NO2.C3H9N/c1-5-6-7-8-9-10-30(44)37-16-15-31(45)38-20-29(36-2)41(3)33-23-12-14-28(43)25(19-23)24-17-22(11-13-27(24)42)18-26(35(48)49-4)40-32(46)21-39-34(33)47;1-5-6-7-10-8(11)12-9(2,3)4;1-2-3-4/h11-14,17,19,26,33,42-43H,5-10,15-16,18,20-21H2,1-4H3,(H,37,44)(H,38,45)(H,39,47)(H,40,46);5-7H2,1-4H3,(H,10,11);2-4H2,1H3/t26-,33?;;/m0../s1. The highest BCUT2D eigenvalue weighted by molar-refractivity contribution is 5.95. The molecule has 0 radical (unpaired) electrons. The lowest BCUT2D eigenvalue weighted by Crippen LogP contribution is -2.50. The van der Waals surface area contributed by atoms with Crippen molar-refractivity contribution in [1.29, 1.82) is 0 Å². The van der Waals surface area contributed by atoms with Crippen LogP contribution in [0.5, 0.6) is 11.5 Å². The average molecular weight is 913 g/mol. The van der Waals surface area contributed by atoms with Gasteiger partial charge in [0.05, 0.1) is 20.2 Å². The van der Waals surface area contributed by atoms with E-state index in [1.54, 1.807) is 25.2 Å². The molecule has 1 heterocycles. The Morgan fingerprint density at radius 1 is 0.846 bits per heavy atom. The molecule has 1 aliphatic rings. The summed E-state index contributed by atoms with van der Waals surface area (Å²) in [4.78, 5) is 80.7. The van der Waals surface area contributed by atoms with E-state index in [0.29, 0.717) is 29.9 Å². The van der Waals surface area contributed by atoms with Crippen LogP contribution >= 0.6 is 0 Å². The Bertz CT molecular complexity index is 1850. The zero-order valence-electron chi connectivity index (χ0n) is 40.1. The van der Waals surface area contributed by atoms with E-state index in [-0.39, 0.29) is 66.5 Å². The van der Waals surface area contributed by atoms with Crippen LogP contribution in [-0.2, 0) is 39.9 Å². The van der Waals surface area contributed by atoms with Gasteiger partial charge in [-0.3, -0.25) is 24.2 Å². The first kappa shape index (κ1) is 57.1. The molecule has 0 aliphatic carbocycles. The molecule has 0 fully saturated rings. The number of carbonyl (C=O) groups is 6. The highest BCUT2D eigenvalue weighted by atomic mass is 16.6. The van der Waals surface area contributed by atoms with Gasteiger partial charge in [-0.15, -0.1) is 0 Å². The molecule has 2 atom stereocenters. The lowest BCUT2D eigenvalue weighted by atomic mass is 9.94. The Morgan fingerprint density at radius 2 is 1.46 bits per heavy atom. The number of nitrogens with zero attached hydrogens (tertiary/aromatic N) is 2. The van der Waals surface area contributed by atoms with Gasteiger partial charge in [-0.2, -0.15) is 0 Å². The number of fused-ring (bicyclic) bond motifs is 5. The average Bonchev–Trinajstić information content (AvgIpc) is 3.26. The number of aromatic hydroxyl groups is 2. The minimum Gasteiger partial charge on any atom is -0.507 e. The van der Waals surface area contributed by atoms with Crippen molar-refractivity contribution in [3.8, 4) is 22.6 Å². The molecule has 0 saturated carbocycles. The topological polar surface area (TPSA) is 263 Å². The number of amidine groups is 1. The zero-order chi connectivity index (χ0) is 49.0. The summed E-state index contributed by atoms with van der Waals surface area (Å²) >= 11 is 0. The third kappa shape index (κ3) is 22.5. The van der Waals surface area contributed by atoms with E-state index in [2.05, 4.69) is 52.3 Å². The summed E-state index contributed by atoms with van der Waals surface area (Å²) in [5, 5.41) is 35.0. The molecule has 65 heavy (non-hydrogen) atoms. The molecule has 3 rings (SSSR count). The quantitative estimate of drug-likeness (QED) is 0.0463. The minimum atomic E-state index is -1.11. The molecule has 364 valence electrons. The maximum Gasteiger partial charge on any atom is 0.407 e. The number of nitrogens with two attached hydrogens (primary N) is 1. The highest BCUT2D eigenvalue weighted by Gasteiger charge is 2.31. The SMILES string of the molecule is CCCCCCCC(=O)NCCC(=O)NCC(=NC)N(C)C1C(=O)NCC(=O)N[C@H](C(=O)OC)Cc2ccc(O)c(c2)-c2cc1ccc2O.CCCCNC(=O)OC(C)(C)C.CCCN. The van der Waals surface area contributed by atoms with Gasteiger partial charge in [0.25, 0.3) is 0 Å². The molecular formula is C47H76N8O10. The second-order valence-electron chi connectivity index (χ2n) is 16.5. The van der Waals surface area contributed by atoms with Gasteiger partial charge in [0.1, 0.15) is 35.0 Å². The summed E-state index contributed by atoms with van der Waals surface area (Å²) in [7, 11) is 4.30. The molecule has 9 N–H and O–H groups in total. The van der Waals surface area contributed by atoms with Gasteiger partial charge in [0.15, 0.2) is 0 Å². The van der Waals surface area contributed by atoms with Crippen molar-refractivity contribution in [3.63, 3.8) is 0 Å². The van der Waals surface area contributed by atoms with Crippen LogP contribution in [0, 0.1) is 0 Å². The maximum atomic E-state index is 13.7. The van der Waals surface area contributed by atoms with E-state index >= 15 is 0 Å². The zero-order valence-corrected chi connectivity index (χ0v) is 40.1. The summed E-state index contributed by atoms with van der Waals surface area (Å²) in [5.41, 5.74) is 6.07. The predicted molar refractivity (Wildman–Crippen MR) is 252 cm³/mol. The van der Waals surface area contributed by atoms with Gasteiger partial charge in [0, 0.05) is 57.6 Å². The Hall–Kier alpha value is -5.91. The van der Waals surface area contributed by atoms with E-state index in [9.17, 15) is 39.0 Å². The van der Waals surface area contributed by atoms with Gasteiger partial charge in [0.2, 0.25) is 23.6 Å². The van der Waals surface area contributed by atoms with Crippen LogP contribution in [0.3, 0.4) is 0 Å². The molecule has 0 saturated heterocycles. The number of phenolic OH excluding ortho intramolecular Hbond substituents is 2. The number of rotatable bonds is 17. The van der Waals surface area contributed by atoms with E-state index in [0.717, 1.165) is 57.9 Å². The molecule has 5 amide bonds. The Labute approximate surface area is 385 Å². The van der Waals surface area contributed by atoms with E-state index < -0.39 is 42.0 Å². The number of phenols is 2. The fraction of sp³-hybridized carbons (Fsp3) is 0.596. The smallest absolute Gasteiger partial charge is 0.407 e. The predicted octanol–water partition coefficient (Wildman–Crippen LogP) is 4.75. The van der Waals surface area contributed by atoms with Crippen molar-refractivity contribution in [3.05, 3.63) is 47.5 Å². The number of aliphatic imine (C=N–C) groups is 1. The molecule has 18 heteroatoms. The van der Waals surface area contributed by atoms with Crippen LogP contribution in [-0.4, -0.2) is 122 Å². The van der Waals surface area contributed by atoms with Crippen molar-refractivity contribution >= 4 is 41.5 Å². The van der Waals surface area contributed by atoms with Gasteiger partial charge in [-0.1, -0.05) is 65.0 Å². The number of amides is 5. The first-order valence-electron chi connectivity index (χ1n) is 22.5. The number of methoxy groups -OCH3 is 1. The molecule has 0 spiro atoms. The molecule has 1 aliphatic heterocycles. The number of nitrogens with one attached hydrogen (secondary N) is 5. The molecule has 2 aromatic carbocycles. The number of carbonyl (C=O) groups excluding carboxylic acids is 6. The van der Waals surface area contributed by atoms with Crippen molar-refractivity contribution in [2.45, 2.75) is 130 Å². The van der Waals surface area contributed by atoms with Crippen LogP contribution in [0.25, 0.3) is 11.1 Å². The Balaban J connectivity index is 0.00000112. The summed E-state index contributed by atoms with van der Waals surface area (Å²) < 4.78 is 9.90. The molecular weight excluding hydrogens is 837 g/mol. The Morgan fingerprint density at radius 3 is 2.06 bits per heavy atom. The highest BCUT2D eigenvalue weighted by Crippen LogP contribution is 2.38. The van der Waals surface area contributed by atoms with Gasteiger partial charge < -0.3 is 56.9 Å². The van der Waals surface area contributed by atoms with Crippen LogP contribution < -0.4 is 32.3 Å². The van der Waals surface area contributed by atoms with Crippen LogP contribution in [0.2, 0.25) is 0 Å². The second kappa shape index (κ2) is 31.0. The lowest BCUT2D eigenvalue weighted by molar-refractivity contribution is -0.145. The van der Waals surface area contributed by atoms with Crippen molar-refractivity contribution < 1.29 is 48.5 Å². The number of alkyl carbamates (subject to hydrolysis) is 1. The van der Waals surface area contributed by atoms with E-state index in [1.165, 1.54) is 37.3 Å². The van der Waals surface area contributed by atoms with E-state index in [1.807, 2.05) is 20.8 Å². The summed E-state index contributed by atoms with van der Waals surface area (Å²) in [6.45, 7) is 13.0. The van der Waals surface area contributed by atoms with Gasteiger partial charge in [-0.05, 0) is 82.0 Å². The van der Waals surface area contributed by atoms with Gasteiger partial charge >= 0.3 is 12.1 Å². The number of esters is 1. The number of likely N-dealkylation sites (N-methyl/N-ethyl adjacent to an activating group) is 1. The fourth-order valence-corrected chi connectivity index (χ4v) is 6.25. The van der Waals surface area contributed by atoms with Crippen molar-refractivity contribution in [2.75, 3.05) is 53.9 Å². The number of benzene rings is 2. The first-order valence-corrected chi connectivity index (χ1v) is 22.5. The minimum absolute atomic E-state index is 0.0268. The van der Waals surface area contributed by atoms with Crippen LogP contribution in [0.1, 0.15) is 123 Å². The third-order valence-electron chi connectivity index (χ3n) is 9.78. The Kier molecular flexibility index (Phi) is 27.3.